The predicted octanol–water partition coefficient (Wildman–Crippen LogP) is -5.71. The zero-order chi connectivity index (χ0) is 52.1. The molecule has 3 aliphatic heterocycles. The summed E-state index contributed by atoms with van der Waals surface area (Å²) >= 11 is 13.0. The molecule has 0 radical (unpaired) electrons. The minimum absolute atomic E-state index is 0. The van der Waals surface area contributed by atoms with Crippen molar-refractivity contribution in [2.24, 2.45) is 0 Å². The van der Waals surface area contributed by atoms with E-state index in [-0.39, 0.29) is 132 Å². The molecule has 1 saturated heterocycles. The molecule has 74 heavy (non-hydrogen) atoms. The predicted molar refractivity (Wildman–Crippen MR) is 254 cm³/mol. The van der Waals surface area contributed by atoms with Crippen LogP contribution in [-0.2, 0) is 51.9 Å². The fraction of sp³-hybridized carbons (Fsp3) is 0.455. The number of carbonyl (C=O) groups excluding carboxylic acids is 1. The van der Waals surface area contributed by atoms with E-state index < -0.39 is 65.2 Å². The number of aliphatic hydroxyl groups is 2. The molecule has 4 N–H and O–H groups in total. The van der Waals surface area contributed by atoms with E-state index in [9.17, 15) is 57.9 Å². The first-order valence-corrected chi connectivity index (χ1v) is 27.3. The maximum atomic E-state index is 12.9. The molecule has 0 bridgehead atoms. The van der Waals surface area contributed by atoms with Crippen molar-refractivity contribution in [1.29, 1.82) is 0 Å². The summed E-state index contributed by atoms with van der Waals surface area (Å²) in [6.07, 6.45) is 7.28. The smallest absolute Gasteiger partial charge is 0.790 e. The normalized spacial score (nSPS) is 20.9. The molecule has 30 heteroatoms. The Morgan fingerprint density at radius 1 is 0.932 bits per heavy atom. The number of aliphatic hydroxyl groups excluding tert-OH is 2. The SMILES string of the molecule is CC1(C)C(/C=C/C=C2\N(CCOCCO)c3ccc(Cl)cc3C2(C)C)=[N+](CCCCCC(=O)N/C=C/c2cn([C@H]3CC(O)[C@@H](COP(=O)([O-])OP(=O)([O-])OP(=O)([O-])[O-])O3)c(=O)[nH]c2=O)c2ccc(Cl)cc21.[Na+].[Na+].[Na+]. The molecule has 5 atom stereocenters. The van der Waals surface area contributed by atoms with Crippen LogP contribution in [0.15, 0.2) is 82.3 Å². The van der Waals surface area contributed by atoms with Crippen LogP contribution in [0.25, 0.3) is 6.08 Å². The van der Waals surface area contributed by atoms with Crippen molar-refractivity contribution in [3.8, 4) is 0 Å². The number of aromatic amines is 1. The third-order valence-electron chi connectivity index (χ3n) is 12.0. The Bertz CT molecular complexity index is 2900. The van der Waals surface area contributed by atoms with Crippen LogP contribution in [0.2, 0.25) is 10.0 Å². The molecule has 1 fully saturated rings. The standard InChI is InChI=1S/C44H56Cl2N5O17P3.3Na/c1-43(2)31-23-29(45)12-14-33(31)49(37(43)9-8-10-38-44(3,4)32-24-30(46)13-15-34(32)50(38)19-21-64-22-20-52)18-7-5-6-11-39(54)47-17-16-28-26-51(42(56)48-41(28)55)40-25-35(53)36(66-40)27-65-70(60,61)68-71(62,63)67-69(57,58)59;;;/h8-10,12-17,23-24,26,35-36,40,52-53H,5-7,11,18-22,25,27H2,1-4H3,(H5-,47,48,54,55,56,57,58,59,60,61,62,63);;;/q;3*+1/p-3/b17-16+;;;/t35?,36-,40-;;;/m1.../s1. The van der Waals surface area contributed by atoms with E-state index in [0.29, 0.717) is 42.6 Å². The summed E-state index contributed by atoms with van der Waals surface area (Å²) in [6, 6.07) is 11.8. The summed E-state index contributed by atoms with van der Waals surface area (Å²) in [5.41, 5.74) is 3.71. The van der Waals surface area contributed by atoms with Crippen LogP contribution in [0, 0.1) is 0 Å². The van der Waals surface area contributed by atoms with Crippen molar-refractivity contribution < 1.29 is 164 Å². The number of hydrogen-bond acceptors (Lipinski definition) is 18. The fourth-order valence-electron chi connectivity index (χ4n) is 8.68. The van der Waals surface area contributed by atoms with Gasteiger partial charge in [-0.05, 0) is 74.7 Å². The number of unbranched alkanes of at least 4 members (excludes halogenated alkanes) is 2. The molecule has 3 aliphatic rings. The maximum Gasteiger partial charge on any atom is 1.00 e. The van der Waals surface area contributed by atoms with Crippen molar-refractivity contribution in [2.45, 2.75) is 89.1 Å². The van der Waals surface area contributed by atoms with Gasteiger partial charge in [-0.15, -0.1) is 0 Å². The van der Waals surface area contributed by atoms with Gasteiger partial charge in [-0.1, -0.05) is 43.1 Å². The first-order valence-electron chi connectivity index (χ1n) is 22.2. The minimum Gasteiger partial charge on any atom is -0.790 e. The number of fused-ring (bicyclic) bond motifs is 2. The average Bonchev–Trinajstić information content (AvgIpc) is 3.80. The van der Waals surface area contributed by atoms with Gasteiger partial charge in [-0.2, -0.15) is 4.58 Å². The number of benzene rings is 2. The molecular formula is C44H53Cl2N5Na3O17P3. The summed E-state index contributed by atoms with van der Waals surface area (Å²) in [5, 5.41) is 23.6. The molecular weight excluding hydrogens is 1100 g/mol. The molecule has 1 aromatic heterocycles. The second-order valence-electron chi connectivity index (χ2n) is 17.7. The molecule has 4 heterocycles. The Morgan fingerprint density at radius 3 is 2.28 bits per heavy atom. The molecule has 2 aromatic carbocycles. The minimum atomic E-state index is -6.22. The van der Waals surface area contributed by atoms with E-state index in [1.807, 2.05) is 36.4 Å². The molecule has 0 saturated carbocycles. The van der Waals surface area contributed by atoms with Crippen LogP contribution in [0.3, 0.4) is 0 Å². The van der Waals surface area contributed by atoms with Crippen molar-refractivity contribution in [3.63, 3.8) is 0 Å². The van der Waals surface area contributed by atoms with Crippen LogP contribution in [0.5, 0.6) is 0 Å². The molecule has 3 unspecified atom stereocenters. The third-order valence-corrected chi connectivity index (χ3v) is 16.1. The monoisotopic (exact) mass is 1160 g/mol. The summed E-state index contributed by atoms with van der Waals surface area (Å²) < 4.78 is 59.2. The fourth-order valence-corrected chi connectivity index (χ4v) is 11.9. The number of phosphoric ester groups is 1. The van der Waals surface area contributed by atoms with Gasteiger partial charge >= 0.3 is 94.4 Å². The number of H-pyrrole nitrogens is 1. The van der Waals surface area contributed by atoms with Crippen LogP contribution >= 0.6 is 46.7 Å². The van der Waals surface area contributed by atoms with Crippen molar-refractivity contribution in [1.82, 2.24) is 14.9 Å². The molecule has 22 nitrogen and oxygen atoms in total. The zero-order valence-corrected chi connectivity index (χ0v) is 52.1. The molecule has 6 rings (SSSR count). The van der Waals surface area contributed by atoms with Gasteiger partial charge in [-0.25, -0.2) is 9.11 Å². The Morgan fingerprint density at radius 2 is 1.61 bits per heavy atom. The number of anilines is 1. The first-order chi connectivity index (χ1) is 33.2. The number of amides is 1. The zero-order valence-electron chi connectivity index (χ0n) is 41.9. The number of allylic oxidation sites excluding steroid dienone is 4. The molecule has 0 spiro atoms. The largest absolute Gasteiger partial charge is 1.00 e. The quantitative estimate of drug-likeness (QED) is 0.0298. The number of nitrogens with one attached hydrogen (secondary N) is 2. The van der Waals surface area contributed by atoms with E-state index in [0.717, 1.165) is 51.1 Å². The number of aromatic nitrogens is 2. The van der Waals surface area contributed by atoms with E-state index in [4.69, 9.17) is 32.7 Å². The molecule has 388 valence electrons. The van der Waals surface area contributed by atoms with Gasteiger partial charge < -0.3 is 58.6 Å². The second-order valence-corrected chi connectivity index (χ2v) is 22.8. The van der Waals surface area contributed by atoms with Crippen LogP contribution in [-0.4, -0.2) is 87.7 Å². The van der Waals surface area contributed by atoms with Crippen LogP contribution < -0.4 is 130 Å². The first kappa shape index (κ1) is 67.4. The van der Waals surface area contributed by atoms with Crippen molar-refractivity contribution in [2.75, 3.05) is 44.4 Å². The van der Waals surface area contributed by atoms with Gasteiger partial charge in [0.05, 0.1) is 51.3 Å². The van der Waals surface area contributed by atoms with Gasteiger partial charge in [0.15, 0.2) is 5.71 Å². The molecule has 1 amide bonds. The van der Waals surface area contributed by atoms with E-state index in [1.54, 1.807) is 0 Å². The maximum absolute atomic E-state index is 12.9. The number of hydrogen-bond donors (Lipinski definition) is 4. The van der Waals surface area contributed by atoms with Crippen LogP contribution in [0.4, 0.5) is 11.4 Å². The molecule has 3 aromatic rings. The van der Waals surface area contributed by atoms with Gasteiger partial charge in [0.2, 0.25) is 11.6 Å². The summed E-state index contributed by atoms with van der Waals surface area (Å²) in [5.74, 6) is -0.343. The molecule has 0 aliphatic carbocycles. The number of rotatable bonds is 23. The number of ether oxygens (including phenoxy) is 2. The topological polar surface area (TPSA) is 320 Å². The van der Waals surface area contributed by atoms with Gasteiger partial charge in [0.25, 0.3) is 21.2 Å². The summed E-state index contributed by atoms with van der Waals surface area (Å²) in [6.45, 7) is 9.38. The van der Waals surface area contributed by atoms with Gasteiger partial charge in [0, 0.05) is 82.8 Å². The number of halogens is 2. The van der Waals surface area contributed by atoms with E-state index >= 15 is 0 Å². The number of carbonyl (C=O) groups is 1. The van der Waals surface area contributed by atoms with Crippen LogP contribution in [0.1, 0.15) is 82.7 Å². The Labute approximate surface area is 503 Å². The number of nitrogens with zero attached hydrogens (tertiary/aromatic N) is 3. The van der Waals surface area contributed by atoms with Crippen molar-refractivity contribution in [3.05, 3.63) is 120 Å². The summed E-state index contributed by atoms with van der Waals surface area (Å²) in [4.78, 5) is 86.9. The average molecular weight is 1160 g/mol. The Hall–Kier alpha value is -0.890. The van der Waals surface area contributed by atoms with E-state index in [2.05, 4.69) is 78.8 Å². The van der Waals surface area contributed by atoms with Crippen molar-refractivity contribution >= 4 is 75.7 Å². The van der Waals surface area contributed by atoms with Gasteiger partial charge in [0.1, 0.15) is 18.9 Å². The third kappa shape index (κ3) is 17.6. The summed E-state index contributed by atoms with van der Waals surface area (Å²) in [7, 11) is -18.3. The second kappa shape index (κ2) is 28.5. The Balaban J connectivity index is 0.00000481. The Kier molecular flexibility index (Phi) is 26.0. The number of phosphoric acid groups is 3. The van der Waals surface area contributed by atoms with Gasteiger partial charge in [-0.3, -0.25) is 32.6 Å². The van der Waals surface area contributed by atoms with E-state index in [1.165, 1.54) is 12.3 Å².